The predicted octanol–water partition coefficient (Wildman–Crippen LogP) is 3.66. The second kappa shape index (κ2) is 6.06. The molecule has 98 valence electrons. The first kappa shape index (κ1) is 13.9. The van der Waals surface area contributed by atoms with Crippen molar-refractivity contribution >= 4 is 34.1 Å². The number of halogens is 1. The summed E-state index contributed by atoms with van der Waals surface area (Å²) in [6, 6.07) is 13.3. The highest BCUT2D eigenvalue weighted by molar-refractivity contribution is 14.1. The fourth-order valence-corrected chi connectivity index (χ4v) is 2.06. The fraction of sp³-hybridized carbons (Fsp3) is 0.133. The normalized spacial score (nSPS) is 10.2. The van der Waals surface area contributed by atoms with Gasteiger partial charge in [-0.1, -0.05) is 12.1 Å². The van der Waals surface area contributed by atoms with Crippen molar-refractivity contribution in [1.29, 1.82) is 0 Å². The maximum absolute atomic E-state index is 11.3. The third-order valence-corrected chi connectivity index (χ3v) is 3.44. The Balaban J connectivity index is 2.06. The third kappa shape index (κ3) is 3.70. The van der Waals surface area contributed by atoms with Gasteiger partial charge in [0.15, 0.2) is 5.78 Å². The summed E-state index contributed by atoms with van der Waals surface area (Å²) in [6.45, 7) is 1.98. The van der Waals surface area contributed by atoms with E-state index in [1.54, 1.807) is 18.2 Å². The zero-order valence-electron chi connectivity index (χ0n) is 10.5. The van der Waals surface area contributed by atoms with Crippen LogP contribution in [0.4, 0.5) is 5.69 Å². The van der Waals surface area contributed by atoms with Gasteiger partial charge in [0.05, 0.1) is 0 Å². The number of carbonyl (C=O) groups excluding carboxylic acids is 1. The van der Waals surface area contributed by atoms with Gasteiger partial charge < -0.3 is 10.5 Å². The average molecular weight is 367 g/mol. The van der Waals surface area contributed by atoms with Crippen molar-refractivity contribution in [2.45, 2.75) is 13.5 Å². The minimum Gasteiger partial charge on any atom is -0.489 e. The van der Waals surface area contributed by atoms with E-state index in [0.717, 1.165) is 5.56 Å². The third-order valence-electron chi connectivity index (χ3n) is 2.72. The second-order valence-electron chi connectivity index (χ2n) is 4.22. The zero-order valence-corrected chi connectivity index (χ0v) is 12.7. The number of carbonyl (C=O) groups is 1. The minimum atomic E-state index is -0.0401. The van der Waals surface area contributed by atoms with Crippen LogP contribution in [0.1, 0.15) is 22.8 Å². The molecule has 0 aliphatic heterocycles. The van der Waals surface area contributed by atoms with Crippen LogP contribution in [-0.2, 0) is 6.61 Å². The molecule has 0 saturated carbocycles. The second-order valence-corrected chi connectivity index (χ2v) is 5.47. The Morgan fingerprint density at radius 3 is 2.47 bits per heavy atom. The lowest BCUT2D eigenvalue weighted by Crippen LogP contribution is -2.01. The van der Waals surface area contributed by atoms with E-state index >= 15 is 0 Å². The first-order chi connectivity index (χ1) is 9.06. The van der Waals surface area contributed by atoms with Crippen LogP contribution in [0.25, 0.3) is 0 Å². The lowest BCUT2D eigenvalue weighted by atomic mass is 10.1. The molecule has 0 aliphatic carbocycles. The van der Waals surface area contributed by atoms with E-state index in [2.05, 4.69) is 22.6 Å². The van der Waals surface area contributed by atoms with Crippen LogP contribution in [0.3, 0.4) is 0 Å². The number of benzene rings is 2. The maximum Gasteiger partial charge on any atom is 0.161 e. The number of rotatable bonds is 4. The van der Waals surface area contributed by atoms with Crippen molar-refractivity contribution in [3.8, 4) is 5.75 Å². The van der Waals surface area contributed by atoms with E-state index in [0.29, 0.717) is 23.6 Å². The summed E-state index contributed by atoms with van der Waals surface area (Å²) in [5.74, 6) is 0.628. The Kier molecular flexibility index (Phi) is 4.42. The Hall–Kier alpha value is -1.56. The van der Waals surface area contributed by atoms with Crippen LogP contribution in [0.15, 0.2) is 42.5 Å². The standard InChI is InChI=1S/C15H14INO2/c1-10(18)14-7-6-13(8-15(14)17)19-9-11-2-4-12(16)5-3-11/h2-8H,9,17H2,1H3. The zero-order chi connectivity index (χ0) is 13.8. The monoisotopic (exact) mass is 367 g/mol. The molecule has 3 nitrogen and oxygen atoms in total. The summed E-state index contributed by atoms with van der Waals surface area (Å²) >= 11 is 2.26. The first-order valence-corrected chi connectivity index (χ1v) is 6.92. The van der Waals surface area contributed by atoms with Gasteiger partial charge in [0.25, 0.3) is 0 Å². The molecule has 0 fully saturated rings. The lowest BCUT2D eigenvalue weighted by Gasteiger charge is -2.09. The molecule has 4 heteroatoms. The topological polar surface area (TPSA) is 52.3 Å². The molecular weight excluding hydrogens is 353 g/mol. The van der Waals surface area contributed by atoms with Crippen molar-refractivity contribution in [3.05, 3.63) is 57.2 Å². The summed E-state index contributed by atoms with van der Waals surface area (Å²) < 4.78 is 6.84. The number of hydrogen-bond acceptors (Lipinski definition) is 3. The molecule has 2 aromatic carbocycles. The van der Waals surface area contributed by atoms with Gasteiger partial charge in [0.2, 0.25) is 0 Å². The molecular formula is C15H14INO2. The van der Waals surface area contributed by atoms with Gasteiger partial charge in [-0.05, 0) is 59.3 Å². The van der Waals surface area contributed by atoms with Crippen LogP contribution in [0.2, 0.25) is 0 Å². The van der Waals surface area contributed by atoms with Gasteiger partial charge in [-0.2, -0.15) is 0 Å². The van der Waals surface area contributed by atoms with Crippen LogP contribution < -0.4 is 10.5 Å². The van der Waals surface area contributed by atoms with E-state index in [1.807, 2.05) is 24.3 Å². The lowest BCUT2D eigenvalue weighted by molar-refractivity contribution is 0.101. The molecule has 0 radical (unpaired) electrons. The highest BCUT2D eigenvalue weighted by Crippen LogP contribution is 2.21. The molecule has 0 atom stereocenters. The summed E-state index contributed by atoms with van der Waals surface area (Å²) in [5.41, 5.74) is 7.88. The van der Waals surface area contributed by atoms with E-state index < -0.39 is 0 Å². The number of ketones is 1. The van der Waals surface area contributed by atoms with Crippen LogP contribution in [0.5, 0.6) is 5.75 Å². The molecule has 2 aromatic rings. The van der Waals surface area contributed by atoms with Gasteiger partial charge >= 0.3 is 0 Å². The van der Waals surface area contributed by atoms with Crippen molar-refractivity contribution < 1.29 is 9.53 Å². The van der Waals surface area contributed by atoms with Gasteiger partial charge in [-0.15, -0.1) is 0 Å². The Morgan fingerprint density at radius 2 is 1.89 bits per heavy atom. The highest BCUT2D eigenvalue weighted by atomic mass is 127. The van der Waals surface area contributed by atoms with E-state index in [4.69, 9.17) is 10.5 Å². The van der Waals surface area contributed by atoms with E-state index in [1.165, 1.54) is 10.5 Å². The molecule has 0 bridgehead atoms. The molecule has 0 aliphatic rings. The number of ether oxygens (including phenoxy) is 1. The molecule has 0 heterocycles. The first-order valence-electron chi connectivity index (χ1n) is 5.84. The van der Waals surface area contributed by atoms with Crippen LogP contribution in [0, 0.1) is 3.57 Å². The quantitative estimate of drug-likeness (QED) is 0.510. The van der Waals surface area contributed by atoms with Crippen molar-refractivity contribution in [2.75, 3.05) is 5.73 Å². The number of hydrogen-bond donors (Lipinski definition) is 1. The maximum atomic E-state index is 11.3. The van der Waals surface area contributed by atoms with Gasteiger partial charge in [-0.25, -0.2) is 0 Å². The van der Waals surface area contributed by atoms with Crippen LogP contribution >= 0.6 is 22.6 Å². The summed E-state index contributed by atoms with van der Waals surface area (Å²) in [7, 11) is 0. The number of Topliss-reactive ketones (excluding diaryl/α,β-unsaturated/α-hetero) is 1. The average Bonchev–Trinajstić information content (AvgIpc) is 2.37. The molecule has 0 unspecified atom stereocenters. The smallest absolute Gasteiger partial charge is 0.161 e. The fourth-order valence-electron chi connectivity index (χ4n) is 1.70. The molecule has 2 rings (SSSR count). The van der Waals surface area contributed by atoms with E-state index in [9.17, 15) is 4.79 Å². The molecule has 0 aromatic heterocycles. The molecule has 2 N–H and O–H groups in total. The predicted molar refractivity (Wildman–Crippen MR) is 84.3 cm³/mol. The number of nitrogen functional groups attached to an aromatic ring is 1. The Morgan fingerprint density at radius 1 is 1.21 bits per heavy atom. The summed E-state index contributed by atoms with van der Waals surface area (Å²) in [5, 5.41) is 0. The van der Waals surface area contributed by atoms with Gasteiger partial charge in [0.1, 0.15) is 12.4 Å². The summed E-state index contributed by atoms with van der Waals surface area (Å²) in [6.07, 6.45) is 0. The Bertz CT molecular complexity index is 594. The van der Waals surface area contributed by atoms with Crippen molar-refractivity contribution in [2.24, 2.45) is 0 Å². The SMILES string of the molecule is CC(=O)c1ccc(OCc2ccc(I)cc2)cc1N. The van der Waals surface area contributed by atoms with Crippen molar-refractivity contribution in [3.63, 3.8) is 0 Å². The van der Waals surface area contributed by atoms with Crippen LogP contribution in [-0.4, -0.2) is 5.78 Å². The van der Waals surface area contributed by atoms with Crippen molar-refractivity contribution in [1.82, 2.24) is 0 Å². The highest BCUT2D eigenvalue weighted by Gasteiger charge is 2.06. The van der Waals surface area contributed by atoms with Gasteiger partial charge in [0, 0.05) is 20.9 Å². The molecule has 0 amide bonds. The van der Waals surface area contributed by atoms with Gasteiger partial charge in [-0.3, -0.25) is 4.79 Å². The molecule has 19 heavy (non-hydrogen) atoms. The number of nitrogens with two attached hydrogens (primary N) is 1. The molecule has 0 spiro atoms. The minimum absolute atomic E-state index is 0.0401. The Labute approximate surface area is 125 Å². The summed E-state index contributed by atoms with van der Waals surface area (Å²) in [4.78, 5) is 11.3. The largest absolute Gasteiger partial charge is 0.489 e. The molecule has 0 saturated heterocycles. The number of anilines is 1. The van der Waals surface area contributed by atoms with E-state index in [-0.39, 0.29) is 5.78 Å².